The molecule has 1 N–H and O–H groups in total. The number of nitrogens with zero attached hydrogens (tertiary/aromatic N) is 3. The molecule has 0 amide bonds. The van der Waals surface area contributed by atoms with Crippen molar-refractivity contribution in [1.82, 2.24) is 15.1 Å². The number of aryl methyl sites for hydroxylation is 2. The quantitative estimate of drug-likeness (QED) is 0.795. The SMILES string of the molecule is CCCNCc1c(C)nn(C)c1N(C)Cc1ccccc1. The molecule has 2 aromatic rings. The van der Waals surface area contributed by atoms with E-state index in [-0.39, 0.29) is 0 Å². The fourth-order valence-corrected chi connectivity index (χ4v) is 2.70. The van der Waals surface area contributed by atoms with Crippen LogP contribution in [-0.2, 0) is 20.1 Å². The molecule has 0 saturated carbocycles. The molecule has 0 bridgehead atoms. The topological polar surface area (TPSA) is 33.1 Å². The van der Waals surface area contributed by atoms with Crippen molar-refractivity contribution < 1.29 is 0 Å². The highest BCUT2D eigenvalue weighted by Crippen LogP contribution is 2.23. The fraction of sp³-hybridized carbons (Fsp3) is 0.471. The minimum Gasteiger partial charge on any atom is -0.355 e. The molecule has 1 aromatic carbocycles. The van der Waals surface area contributed by atoms with Gasteiger partial charge in [0.05, 0.1) is 5.69 Å². The van der Waals surface area contributed by atoms with Crippen LogP contribution in [0.4, 0.5) is 5.82 Å². The van der Waals surface area contributed by atoms with Crippen molar-refractivity contribution in [1.29, 1.82) is 0 Å². The molecule has 0 aliphatic heterocycles. The zero-order chi connectivity index (χ0) is 15.2. The molecule has 1 heterocycles. The Kier molecular flexibility index (Phi) is 5.39. The summed E-state index contributed by atoms with van der Waals surface area (Å²) in [5, 5.41) is 8.07. The largest absolute Gasteiger partial charge is 0.355 e. The van der Waals surface area contributed by atoms with Crippen LogP contribution >= 0.6 is 0 Å². The predicted molar refractivity (Wildman–Crippen MR) is 88.5 cm³/mol. The van der Waals surface area contributed by atoms with Crippen LogP contribution in [0.2, 0.25) is 0 Å². The van der Waals surface area contributed by atoms with Crippen LogP contribution in [0.25, 0.3) is 0 Å². The average Bonchev–Trinajstić information content (AvgIpc) is 2.74. The van der Waals surface area contributed by atoms with E-state index in [4.69, 9.17) is 0 Å². The van der Waals surface area contributed by atoms with Crippen molar-refractivity contribution in [2.24, 2.45) is 7.05 Å². The van der Waals surface area contributed by atoms with Gasteiger partial charge in [0.2, 0.25) is 0 Å². The number of rotatable bonds is 7. The summed E-state index contributed by atoms with van der Waals surface area (Å²) < 4.78 is 1.99. The summed E-state index contributed by atoms with van der Waals surface area (Å²) in [6.07, 6.45) is 1.15. The van der Waals surface area contributed by atoms with E-state index in [1.807, 2.05) is 11.7 Å². The summed E-state index contributed by atoms with van der Waals surface area (Å²) in [6, 6.07) is 10.5. The van der Waals surface area contributed by atoms with Crippen LogP contribution in [-0.4, -0.2) is 23.4 Å². The molecule has 0 aliphatic carbocycles. The van der Waals surface area contributed by atoms with Crippen LogP contribution < -0.4 is 10.2 Å². The summed E-state index contributed by atoms with van der Waals surface area (Å²) in [4.78, 5) is 2.28. The van der Waals surface area contributed by atoms with Gasteiger partial charge in [-0.2, -0.15) is 5.10 Å². The number of aromatic nitrogens is 2. The maximum Gasteiger partial charge on any atom is 0.131 e. The van der Waals surface area contributed by atoms with Gasteiger partial charge in [-0.1, -0.05) is 37.3 Å². The zero-order valence-corrected chi connectivity index (χ0v) is 13.6. The monoisotopic (exact) mass is 286 g/mol. The van der Waals surface area contributed by atoms with Crippen molar-refractivity contribution in [2.45, 2.75) is 33.4 Å². The van der Waals surface area contributed by atoms with Gasteiger partial charge in [-0.25, -0.2) is 0 Å². The maximum absolute atomic E-state index is 4.59. The van der Waals surface area contributed by atoms with E-state index in [2.05, 4.69) is 66.5 Å². The summed E-state index contributed by atoms with van der Waals surface area (Å²) in [6.45, 7) is 7.08. The molecule has 0 unspecified atom stereocenters. The van der Waals surface area contributed by atoms with Crippen LogP contribution in [0, 0.1) is 6.92 Å². The summed E-state index contributed by atoms with van der Waals surface area (Å²) in [5.41, 5.74) is 3.71. The van der Waals surface area contributed by atoms with Crippen molar-refractivity contribution in [3.05, 3.63) is 47.2 Å². The third-order valence-electron chi connectivity index (χ3n) is 3.67. The van der Waals surface area contributed by atoms with Gasteiger partial charge < -0.3 is 10.2 Å². The molecule has 0 spiro atoms. The molecule has 0 fully saturated rings. The normalized spacial score (nSPS) is 10.9. The van der Waals surface area contributed by atoms with Crippen LogP contribution in [0.3, 0.4) is 0 Å². The van der Waals surface area contributed by atoms with E-state index in [0.717, 1.165) is 31.7 Å². The molecular weight excluding hydrogens is 260 g/mol. The molecule has 1 aromatic heterocycles. The van der Waals surface area contributed by atoms with Crippen molar-refractivity contribution in [3.8, 4) is 0 Å². The maximum atomic E-state index is 4.59. The van der Waals surface area contributed by atoms with E-state index in [1.165, 1.54) is 16.9 Å². The van der Waals surface area contributed by atoms with Crippen molar-refractivity contribution in [3.63, 3.8) is 0 Å². The minimum atomic E-state index is 0.877. The predicted octanol–water partition coefficient (Wildman–Crippen LogP) is 2.86. The lowest BCUT2D eigenvalue weighted by Gasteiger charge is -2.21. The Morgan fingerprint density at radius 2 is 1.95 bits per heavy atom. The Morgan fingerprint density at radius 3 is 2.62 bits per heavy atom. The first kappa shape index (κ1) is 15.6. The van der Waals surface area contributed by atoms with Gasteiger partial charge in [0.1, 0.15) is 5.82 Å². The van der Waals surface area contributed by atoms with Gasteiger partial charge in [-0.05, 0) is 25.5 Å². The molecule has 4 nitrogen and oxygen atoms in total. The van der Waals surface area contributed by atoms with Crippen LogP contribution in [0.5, 0.6) is 0 Å². The zero-order valence-electron chi connectivity index (χ0n) is 13.6. The molecule has 21 heavy (non-hydrogen) atoms. The Hall–Kier alpha value is -1.81. The fourth-order valence-electron chi connectivity index (χ4n) is 2.70. The molecule has 4 heteroatoms. The second-order valence-corrected chi connectivity index (χ2v) is 5.53. The van der Waals surface area contributed by atoms with Gasteiger partial charge in [-0.15, -0.1) is 0 Å². The number of hydrogen-bond donors (Lipinski definition) is 1. The van der Waals surface area contributed by atoms with Crippen LogP contribution in [0.1, 0.15) is 30.2 Å². The molecule has 0 aliphatic rings. The number of nitrogens with one attached hydrogen (secondary N) is 1. The van der Waals surface area contributed by atoms with Crippen LogP contribution in [0.15, 0.2) is 30.3 Å². The Morgan fingerprint density at radius 1 is 1.24 bits per heavy atom. The number of anilines is 1. The van der Waals surface area contributed by atoms with Gasteiger partial charge in [-0.3, -0.25) is 4.68 Å². The van der Waals surface area contributed by atoms with E-state index >= 15 is 0 Å². The summed E-state index contributed by atoms with van der Waals surface area (Å²) in [5.74, 6) is 1.19. The number of hydrogen-bond acceptors (Lipinski definition) is 3. The Bertz CT molecular complexity index is 560. The standard InChI is InChI=1S/C17H26N4/c1-5-11-18-12-16-14(2)19-21(4)17(16)20(3)13-15-9-7-6-8-10-15/h6-10,18H,5,11-13H2,1-4H3. The van der Waals surface area contributed by atoms with E-state index in [0.29, 0.717) is 0 Å². The lowest BCUT2D eigenvalue weighted by atomic mass is 10.2. The van der Waals surface area contributed by atoms with Gasteiger partial charge in [0, 0.05) is 32.7 Å². The molecule has 2 rings (SSSR count). The Balaban J connectivity index is 2.17. The van der Waals surface area contributed by atoms with Gasteiger partial charge in [0.15, 0.2) is 0 Å². The van der Waals surface area contributed by atoms with Crippen molar-refractivity contribution in [2.75, 3.05) is 18.5 Å². The third kappa shape index (κ3) is 3.85. The summed E-state index contributed by atoms with van der Waals surface area (Å²) in [7, 11) is 4.15. The highest BCUT2D eigenvalue weighted by molar-refractivity contribution is 5.50. The number of benzene rings is 1. The highest BCUT2D eigenvalue weighted by Gasteiger charge is 2.16. The first-order chi connectivity index (χ1) is 10.1. The molecular formula is C17H26N4. The van der Waals surface area contributed by atoms with Crippen molar-refractivity contribution >= 4 is 5.82 Å². The van der Waals surface area contributed by atoms with E-state index < -0.39 is 0 Å². The second kappa shape index (κ2) is 7.27. The van der Waals surface area contributed by atoms with E-state index in [1.54, 1.807) is 0 Å². The first-order valence-corrected chi connectivity index (χ1v) is 7.61. The Labute approximate surface area is 127 Å². The highest BCUT2D eigenvalue weighted by atomic mass is 15.4. The van der Waals surface area contributed by atoms with E-state index in [9.17, 15) is 0 Å². The van der Waals surface area contributed by atoms with Gasteiger partial charge >= 0.3 is 0 Å². The average molecular weight is 286 g/mol. The molecule has 0 saturated heterocycles. The van der Waals surface area contributed by atoms with Gasteiger partial charge in [0.25, 0.3) is 0 Å². The molecule has 114 valence electrons. The first-order valence-electron chi connectivity index (χ1n) is 7.61. The lowest BCUT2D eigenvalue weighted by molar-refractivity contribution is 0.669. The molecule has 0 atom stereocenters. The third-order valence-corrected chi connectivity index (χ3v) is 3.67. The second-order valence-electron chi connectivity index (χ2n) is 5.53. The molecule has 0 radical (unpaired) electrons. The lowest BCUT2D eigenvalue weighted by Crippen LogP contribution is -2.22. The smallest absolute Gasteiger partial charge is 0.131 e. The summed E-state index contributed by atoms with van der Waals surface area (Å²) >= 11 is 0. The minimum absolute atomic E-state index is 0.877.